The number of sulfonamides is 2. The van der Waals surface area contributed by atoms with Gasteiger partial charge in [0, 0.05) is 31.7 Å². The van der Waals surface area contributed by atoms with Crippen LogP contribution in [-0.2, 0) is 26.6 Å². The summed E-state index contributed by atoms with van der Waals surface area (Å²) in [5, 5.41) is 2.57. The Labute approximate surface area is 196 Å². The van der Waals surface area contributed by atoms with Gasteiger partial charge < -0.3 is 5.32 Å². The molecule has 1 heterocycles. The topological polar surface area (TPSA) is 113 Å². The molecule has 2 atom stereocenters. The number of hydrogen-bond donors (Lipinski definition) is 2. The molecule has 1 saturated heterocycles. The molecule has 0 spiro atoms. The van der Waals surface area contributed by atoms with Crippen LogP contribution in [0.25, 0.3) is 0 Å². The van der Waals surface area contributed by atoms with Crippen molar-refractivity contribution in [3.8, 4) is 0 Å². The van der Waals surface area contributed by atoms with Crippen molar-refractivity contribution in [3.63, 3.8) is 0 Å². The summed E-state index contributed by atoms with van der Waals surface area (Å²) in [5.74, 6) is -0.125. The standard InChI is InChI=1S/C23H31N3O5S2/c1-18-14-19(2)17-26(16-18)33(30,31)22-10-8-21(9-11-22)23(27)24-12-13-32(28,29)25-15-20-6-4-3-5-7-20/h3-11,18-19,25H,12-17H2,1-2H3,(H,24,27). The molecule has 1 aliphatic rings. The third-order valence-electron chi connectivity index (χ3n) is 5.59. The van der Waals surface area contributed by atoms with Gasteiger partial charge in [0.2, 0.25) is 20.0 Å². The molecule has 8 nitrogen and oxygen atoms in total. The zero-order valence-corrected chi connectivity index (χ0v) is 20.5. The van der Waals surface area contributed by atoms with Crippen LogP contribution < -0.4 is 10.0 Å². The molecule has 180 valence electrons. The highest BCUT2D eigenvalue weighted by Crippen LogP contribution is 2.26. The average Bonchev–Trinajstić information content (AvgIpc) is 2.78. The highest BCUT2D eigenvalue weighted by molar-refractivity contribution is 7.89. The molecule has 0 radical (unpaired) electrons. The van der Waals surface area contributed by atoms with Gasteiger partial charge in [-0.3, -0.25) is 4.79 Å². The van der Waals surface area contributed by atoms with Crippen molar-refractivity contribution in [2.75, 3.05) is 25.4 Å². The van der Waals surface area contributed by atoms with Gasteiger partial charge in [0.1, 0.15) is 0 Å². The predicted octanol–water partition coefficient (Wildman–Crippen LogP) is 2.20. The summed E-state index contributed by atoms with van der Waals surface area (Å²) >= 11 is 0. The van der Waals surface area contributed by atoms with Crippen molar-refractivity contribution in [2.24, 2.45) is 11.8 Å². The maximum atomic E-state index is 13.0. The first-order chi connectivity index (χ1) is 15.6. The molecular weight excluding hydrogens is 462 g/mol. The van der Waals surface area contributed by atoms with E-state index >= 15 is 0 Å². The Morgan fingerprint density at radius 2 is 1.55 bits per heavy atom. The van der Waals surface area contributed by atoms with Crippen molar-refractivity contribution in [1.29, 1.82) is 0 Å². The van der Waals surface area contributed by atoms with E-state index in [1.54, 1.807) is 0 Å². The second-order valence-electron chi connectivity index (χ2n) is 8.67. The lowest BCUT2D eigenvalue weighted by Gasteiger charge is -2.34. The highest BCUT2D eigenvalue weighted by atomic mass is 32.2. The molecular formula is C23H31N3O5S2. The zero-order chi connectivity index (χ0) is 24.1. The molecule has 10 heteroatoms. The van der Waals surface area contributed by atoms with Gasteiger partial charge >= 0.3 is 0 Å². The summed E-state index contributed by atoms with van der Waals surface area (Å²) in [6.07, 6.45) is 1.00. The number of hydrogen-bond acceptors (Lipinski definition) is 5. The summed E-state index contributed by atoms with van der Waals surface area (Å²) in [7, 11) is -7.18. The summed E-state index contributed by atoms with van der Waals surface area (Å²) < 4.78 is 54.2. The Morgan fingerprint density at radius 1 is 0.939 bits per heavy atom. The molecule has 2 aromatic rings. The van der Waals surface area contributed by atoms with Gasteiger partial charge in [-0.15, -0.1) is 0 Å². The van der Waals surface area contributed by atoms with Crippen molar-refractivity contribution in [1.82, 2.24) is 14.3 Å². The van der Waals surface area contributed by atoms with Crippen LogP contribution in [0.5, 0.6) is 0 Å². The number of amides is 1. The smallest absolute Gasteiger partial charge is 0.251 e. The summed E-state index contributed by atoms with van der Waals surface area (Å²) in [6.45, 7) is 5.18. The fourth-order valence-corrected chi connectivity index (χ4v) is 6.57. The minimum atomic E-state index is -3.62. The van der Waals surface area contributed by atoms with E-state index in [2.05, 4.69) is 10.0 Å². The van der Waals surface area contributed by atoms with E-state index in [9.17, 15) is 21.6 Å². The minimum absolute atomic E-state index is 0.0629. The first-order valence-electron chi connectivity index (χ1n) is 11.0. The molecule has 1 fully saturated rings. The molecule has 3 rings (SSSR count). The average molecular weight is 494 g/mol. The largest absolute Gasteiger partial charge is 0.351 e. The number of nitrogens with one attached hydrogen (secondary N) is 2. The van der Waals surface area contributed by atoms with E-state index in [4.69, 9.17) is 0 Å². The lowest BCUT2D eigenvalue weighted by Crippen LogP contribution is -2.42. The van der Waals surface area contributed by atoms with E-state index in [0.29, 0.717) is 24.9 Å². The molecule has 1 aliphatic heterocycles. The predicted molar refractivity (Wildman–Crippen MR) is 128 cm³/mol. The molecule has 0 aromatic heterocycles. The summed E-state index contributed by atoms with van der Waals surface area (Å²) in [4.78, 5) is 12.5. The normalized spacial score (nSPS) is 19.8. The van der Waals surface area contributed by atoms with Gasteiger partial charge in [-0.05, 0) is 48.1 Å². The molecule has 0 aliphatic carbocycles. The second kappa shape index (κ2) is 10.8. The SMILES string of the molecule is CC1CC(C)CN(S(=O)(=O)c2ccc(C(=O)NCCS(=O)(=O)NCc3ccccc3)cc2)C1. The number of nitrogens with zero attached hydrogens (tertiary/aromatic N) is 1. The highest BCUT2D eigenvalue weighted by Gasteiger charge is 2.31. The number of rotatable bonds is 9. The molecule has 2 unspecified atom stereocenters. The number of carbonyl (C=O) groups excluding carboxylic acids is 1. The van der Waals surface area contributed by atoms with E-state index in [1.807, 2.05) is 44.2 Å². The van der Waals surface area contributed by atoms with Gasteiger partial charge in [0.05, 0.1) is 10.6 Å². The summed E-state index contributed by atoms with van der Waals surface area (Å²) in [6, 6.07) is 14.9. The molecule has 2 aromatic carbocycles. The van der Waals surface area contributed by atoms with Crippen LogP contribution in [0.3, 0.4) is 0 Å². The van der Waals surface area contributed by atoms with Crippen molar-refractivity contribution >= 4 is 26.0 Å². The first kappa shape index (κ1) is 25.4. The maximum absolute atomic E-state index is 13.0. The van der Waals surface area contributed by atoms with Crippen LogP contribution in [0.1, 0.15) is 36.2 Å². The monoisotopic (exact) mass is 493 g/mol. The summed E-state index contributed by atoms with van der Waals surface area (Å²) in [5.41, 5.74) is 1.11. The molecule has 1 amide bonds. The van der Waals surface area contributed by atoms with Crippen LogP contribution >= 0.6 is 0 Å². The Kier molecular flexibility index (Phi) is 8.28. The molecule has 2 N–H and O–H groups in total. The van der Waals surface area contributed by atoms with Crippen LogP contribution in [0.4, 0.5) is 0 Å². The Balaban J connectivity index is 1.52. The lowest BCUT2D eigenvalue weighted by atomic mass is 9.94. The van der Waals surface area contributed by atoms with Crippen molar-refractivity contribution in [2.45, 2.75) is 31.7 Å². The fraction of sp³-hybridized carbons (Fsp3) is 0.435. The Bertz CT molecular complexity index is 1140. The van der Waals surface area contributed by atoms with Crippen LogP contribution in [0, 0.1) is 11.8 Å². The van der Waals surface area contributed by atoms with Crippen LogP contribution in [0.15, 0.2) is 59.5 Å². The van der Waals surface area contributed by atoms with Crippen LogP contribution in [0.2, 0.25) is 0 Å². The van der Waals surface area contributed by atoms with E-state index in [0.717, 1.165) is 12.0 Å². The molecule has 33 heavy (non-hydrogen) atoms. The molecule has 0 saturated carbocycles. The van der Waals surface area contributed by atoms with Crippen molar-refractivity contribution in [3.05, 3.63) is 65.7 Å². The van der Waals surface area contributed by atoms with Gasteiger partial charge in [-0.2, -0.15) is 4.31 Å². The van der Waals surface area contributed by atoms with Gasteiger partial charge in [0.25, 0.3) is 5.91 Å². The lowest BCUT2D eigenvalue weighted by molar-refractivity contribution is 0.0956. The third-order valence-corrected chi connectivity index (χ3v) is 8.76. The minimum Gasteiger partial charge on any atom is -0.351 e. The van der Waals surface area contributed by atoms with Gasteiger partial charge in [0.15, 0.2) is 0 Å². The van der Waals surface area contributed by atoms with Crippen molar-refractivity contribution < 1.29 is 21.6 Å². The Morgan fingerprint density at radius 3 is 2.15 bits per heavy atom. The number of carbonyl (C=O) groups is 1. The number of piperidine rings is 1. The number of benzene rings is 2. The van der Waals surface area contributed by atoms with E-state index in [-0.39, 0.29) is 29.3 Å². The second-order valence-corrected chi connectivity index (χ2v) is 12.5. The van der Waals surface area contributed by atoms with Crippen LogP contribution in [-0.4, -0.2) is 52.4 Å². The van der Waals surface area contributed by atoms with E-state index < -0.39 is 26.0 Å². The van der Waals surface area contributed by atoms with Gasteiger partial charge in [-0.25, -0.2) is 21.6 Å². The van der Waals surface area contributed by atoms with E-state index in [1.165, 1.54) is 28.6 Å². The maximum Gasteiger partial charge on any atom is 0.251 e. The zero-order valence-electron chi connectivity index (χ0n) is 18.9. The third kappa shape index (κ3) is 7.10. The fourth-order valence-electron chi connectivity index (χ4n) is 3.99. The van der Waals surface area contributed by atoms with Gasteiger partial charge in [-0.1, -0.05) is 44.2 Å². The molecule has 0 bridgehead atoms. The quantitative estimate of drug-likeness (QED) is 0.556. The first-order valence-corrected chi connectivity index (χ1v) is 14.1. The Hall–Kier alpha value is -2.27.